The summed E-state index contributed by atoms with van der Waals surface area (Å²) < 4.78 is 0. The van der Waals surface area contributed by atoms with Crippen LogP contribution in [-0.2, 0) is 5.41 Å². The molecule has 0 atom stereocenters. The molecular weight excluding hydrogens is 268 g/mol. The Morgan fingerprint density at radius 1 is 0.955 bits per heavy atom. The number of nitrogens with zero attached hydrogens (tertiary/aromatic N) is 1. The van der Waals surface area contributed by atoms with Gasteiger partial charge in [-0.2, -0.15) is 0 Å². The normalized spacial score (nSPS) is 20.1. The van der Waals surface area contributed by atoms with Gasteiger partial charge in [-0.15, -0.1) is 0 Å². The second kappa shape index (κ2) is 6.33. The van der Waals surface area contributed by atoms with E-state index in [9.17, 15) is 0 Å². The molecule has 1 saturated heterocycles. The van der Waals surface area contributed by atoms with Gasteiger partial charge in [0.15, 0.2) is 0 Å². The summed E-state index contributed by atoms with van der Waals surface area (Å²) >= 11 is 0. The summed E-state index contributed by atoms with van der Waals surface area (Å²) in [5.74, 6) is 0. The molecule has 0 spiro atoms. The van der Waals surface area contributed by atoms with E-state index in [-0.39, 0.29) is 16.5 Å². The largest absolute Gasteiger partial charge is 0.311 e. The molecule has 0 amide bonds. The standard InChI is InChI=1S/C20H34N2/c1-18(2,3)21-16-20(17-10-8-7-9-11-17)12-14-22(15-13-20)19(4,5)6/h7-11,21H,12-16H2,1-6H3. The number of rotatable bonds is 3. The van der Waals surface area contributed by atoms with Crippen LogP contribution >= 0.6 is 0 Å². The van der Waals surface area contributed by atoms with Gasteiger partial charge < -0.3 is 5.32 Å². The first-order valence-corrected chi connectivity index (χ1v) is 8.68. The Hall–Kier alpha value is -0.860. The van der Waals surface area contributed by atoms with Crippen molar-refractivity contribution in [2.24, 2.45) is 0 Å². The van der Waals surface area contributed by atoms with Crippen molar-refractivity contribution in [3.63, 3.8) is 0 Å². The van der Waals surface area contributed by atoms with Crippen molar-refractivity contribution >= 4 is 0 Å². The third-order valence-electron chi connectivity index (χ3n) is 5.01. The number of likely N-dealkylation sites (tertiary alicyclic amines) is 1. The van der Waals surface area contributed by atoms with Crippen molar-refractivity contribution in [1.82, 2.24) is 10.2 Å². The monoisotopic (exact) mass is 302 g/mol. The Labute approximate surface area is 137 Å². The third-order valence-corrected chi connectivity index (χ3v) is 5.01. The Kier molecular flexibility index (Phi) is 5.03. The van der Waals surface area contributed by atoms with Crippen LogP contribution in [0, 0.1) is 0 Å². The molecule has 0 bridgehead atoms. The van der Waals surface area contributed by atoms with Crippen LogP contribution in [0.1, 0.15) is 59.9 Å². The lowest BCUT2D eigenvalue weighted by Gasteiger charge is -2.48. The molecule has 0 aliphatic carbocycles. The van der Waals surface area contributed by atoms with Gasteiger partial charge in [-0.25, -0.2) is 0 Å². The Morgan fingerprint density at radius 2 is 1.50 bits per heavy atom. The molecule has 0 aromatic heterocycles. The van der Waals surface area contributed by atoms with Crippen LogP contribution < -0.4 is 5.32 Å². The van der Waals surface area contributed by atoms with Gasteiger partial charge >= 0.3 is 0 Å². The molecule has 2 nitrogen and oxygen atoms in total. The van der Waals surface area contributed by atoms with Crippen LogP contribution in [0.4, 0.5) is 0 Å². The molecule has 2 rings (SSSR count). The third kappa shape index (κ3) is 4.33. The van der Waals surface area contributed by atoms with Crippen molar-refractivity contribution in [2.45, 2.75) is 70.9 Å². The van der Waals surface area contributed by atoms with Crippen molar-refractivity contribution < 1.29 is 0 Å². The van der Waals surface area contributed by atoms with E-state index in [1.165, 1.54) is 31.5 Å². The van der Waals surface area contributed by atoms with Gasteiger partial charge in [0.2, 0.25) is 0 Å². The zero-order chi connectivity index (χ0) is 16.4. The van der Waals surface area contributed by atoms with Crippen LogP contribution in [0.2, 0.25) is 0 Å². The van der Waals surface area contributed by atoms with Crippen LogP contribution in [0.3, 0.4) is 0 Å². The first kappa shape index (κ1) is 17.5. The molecule has 2 heteroatoms. The van der Waals surface area contributed by atoms with E-state index in [4.69, 9.17) is 0 Å². The fourth-order valence-electron chi connectivity index (χ4n) is 3.40. The minimum absolute atomic E-state index is 0.170. The van der Waals surface area contributed by atoms with Crippen LogP contribution in [0.5, 0.6) is 0 Å². The highest BCUT2D eigenvalue weighted by molar-refractivity contribution is 5.27. The van der Waals surface area contributed by atoms with Gasteiger partial charge in [0.25, 0.3) is 0 Å². The van der Waals surface area contributed by atoms with Crippen molar-refractivity contribution in [3.8, 4) is 0 Å². The van der Waals surface area contributed by atoms with Gasteiger partial charge in [-0.3, -0.25) is 4.90 Å². The predicted molar refractivity (Wildman–Crippen MR) is 96.4 cm³/mol. The van der Waals surface area contributed by atoms with Crippen molar-refractivity contribution in [1.29, 1.82) is 0 Å². The highest BCUT2D eigenvalue weighted by Gasteiger charge is 2.39. The summed E-state index contributed by atoms with van der Waals surface area (Å²) in [7, 11) is 0. The van der Waals surface area contributed by atoms with E-state index < -0.39 is 0 Å². The van der Waals surface area contributed by atoms with Gasteiger partial charge in [0.1, 0.15) is 0 Å². The fourth-order valence-corrected chi connectivity index (χ4v) is 3.40. The van der Waals surface area contributed by atoms with Crippen LogP contribution in [0.25, 0.3) is 0 Å². The summed E-state index contributed by atoms with van der Waals surface area (Å²) in [5.41, 5.74) is 2.22. The summed E-state index contributed by atoms with van der Waals surface area (Å²) in [6.45, 7) is 17.2. The highest BCUT2D eigenvalue weighted by atomic mass is 15.2. The smallest absolute Gasteiger partial charge is 0.0125 e. The molecule has 1 fully saturated rings. The quantitative estimate of drug-likeness (QED) is 0.900. The van der Waals surface area contributed by atoms with E-state index in [2.05, 4.69) is 82.1 Å². The molecule has 124 valence electrons. The first-order valence-electron chi connectivity index (χ1n) is 8.68. The molecule has 0 unspecified atom stereocenters. The number of hydrogen-bond acceptors (Lipinski definition) is 2. The maximum Gasteiger partial charge on any atom is 0.0125 e. The van der Waals surface area contributed by atoms with E-state index in [0.29, 0.717) is 0 Å². The lowest BCUT2D eigenvalue weighted by Crippen LogP contribution is -2.54. The predicted octanol–water partition coefficient (Wildman–Crippen LogP) is 4.21. The topological polar surface area (TPSA) is 15.3 Å². The Bertz CT molecular complexity index is 457. The average Bonchev–Trinajstić information content (AvgIpc) is 2.45. The molecule has 1 heterocycles. The maximum absolute atomic E-state index is 3.77. The average molecular weight is 303 g/mol. The first-order chi connectivity index (χ1) is 10.1. The van der Waals surface area contributed by atoms with Gasteiger partial charge in [-0.1, -0.05) is 30.3 Å². The Balaban J connectivity index is 2.18. The minimum Gasteiger partial charge on any atom is -0.311 e. The summed E-state index contributed by atoms with van der Waals surface area (Å²) in [6, 6.07) is 11.1. The molecule has 1 aliphatic heterocycles. The molecule has 0 radical (unpaired) electrons. The second-order valence-corrected chi connectivity index (χ2v) is 8.91. The molecule has 1 aromatic carbocycles. The van der Waals surface area contributed by atoms with Gasteiger partial charge in [0, 0.05) is 23.0 Å². The summed E-state index contributed by atoms with van der Waals surface area (Å²) in [5, 5.41) is 3.77. The molecule has 1 aliphatic rings. The SMILES string of the molecule is CC(C)(C)NCC1(c2ccccc2)CCN(C(C)(C)C)CC1. The van der Waals surface area contributed by atoms with Gasteiger partial charge in [0.05, 0.1) is 0 Å². The second-order valence-electron chi connectivity index (χ2n) is 8.91. The molecule has 0 saturated carbocycles. The zero-order valence-corrected chi connectivity index (χ0v) is 15.4. The van der Waals surface area contributed by atoms with E-state index in [0.717, 1.165) is 6.54 Å². The minimum atomic E-state index is 0.170. The number of piperidine rings is 1. The Morgan fingerprint density at radius 3 is 1.95 bits per heavy atom. The highest BCUT2D eigenvalue weighted by Crippen LogP contribution is 2.37. The molecule has 22 heavy (non-hydrogen) atoms. The van der Waals surface area contributed by atoms with Crippen molar-refractivity contribution in [2.75, 3.05) is 19.6 Å². The zero-order valence-electron chi connectivity index (χ0n) is 15.4. The molecular formula is C20H34N2. The summed E-state index contributed by atoms with van der Waals surface area (Å²) in [6.07, 6.45) is 2.47. The molecule has 1 aromatic rings. The number of benzene rings is 1. The maximum atomic E-state index is 3.77. The van der Waals surface area contributed by atoms with E-state index >= 15 is 0 Å². The lowest BCUT2D eigenvalue weighted by atomic mass is 9.71. The van der Waals surface area contributed by atoms with E-state index in [1.807, 2.05) is 0 Å². The van der Waals surface area contributed by atoms with E-state index in [1.54, 1.807) is 0 Å². The number of hydrogen-bond donors (Lipinski definition) is 1. The fraction of sp³-hybridized carbons (Fsp3) is 0.700. The van der Waals surface area contributed by atoms with Crippen LogP contribution in [-0.4, -0.2) is 35.6 Å². The van der Waals surface area contributed by atoms with Gasteiger partial charge in [-0.05, 0) is 73.0 Å². The van der Waals surface area contributed by atoms with Crippen molar-refractivity contribution in [3.05, 3.63) is 35.9 Å². The molecule has 1 N–H and O–H groups in total. The summed E-state index contributed by atoms with van der Waals surface area (Å²) in [4.78, 5) is 2.63. The lowest BCUT2D eigenvalue weighted by molar-refractivity contribution is 0.0714. The number of nitrogens with one attached hydrogen (secondary N) is 1. The van der Waals surface area contributed by atoms with Crippen LogP contribution in [0.15, 0.2) is 30.3 Å².